The Morgan fingerprint density at radius 2 is 1.72 bits per heavy atom. The fourth-order valence-electron chi connectivity index (χ4n) is 3.67. The molecule has 2 heterocycles. The number of para-hydroxylation sites is 2. The molecule has 0 radical (unpaired) electrons. The number of carbonyl (C=O) groups is 2. The number of Topliss-reactive ketones (excluding diaryl/α,β-unsaturated/α-hetero) is 1. The molecule has 32 heavy (non-hydrogen) atoms. The second kappa shape index (κ2) is 8.86. The fourth-order valence-corrected chi connectivity index (χ4v) is 5.14. The number of amides is 1. The molecule has 3 aromatic rings. The van der Waals surface area contributed by atoms with E-state index in [9.17, 15) is 14.7 Å². The van der Waals surface area contributed by atoms with Crippen LogP contribution < -0.4 is 14.4 Å². The van der Waals surface area contributed by atoms with Crippen molar-refractivity contribution >= 4 is 57.7 Å². The molecule has 1 aliphatic rings. The number of ether oxygens (including phenoxy) is 2. The first-order valence-corrected chi connectivity index (χ1v) is 11.0. The monoisotopic (exact) mass is 489 g/mol. The average molecular weight is 490 g/mol. The van der Waals surface area contributed by atoms with Gasteiger partial charge in [-0.1, -0.05) is 41.4 Å². The Hall–Kier alpha value is -3.00. The van der Waals surface area contributed by atoms with Gasteiger partial charge in [0.05, 0.1) is 35.5 Å². The molecule has 1 amide bonds. The molecule has 1 unspecified atom stereocenters. The van der Waals surface area contributed by atoms with E-state index in [0.717, 1.165) is 0 Å². The third-order valence-corrected chi connectivity index (χ3v) is 6.56. The first-order chi connectivity index (χ1) is 15.4. The molecule has 164 valence electrons. The van der Waals surface area contributed by atoms with Gasteiger partial charge in [0.25, 0.3) is 11.7 Å². The third-order valence-electron chi connectivity index (χ3n) is 5.08. The van der Waals surface area contributed by atoms with Gasteiger partial charge in [0.1, 0.15) is 17.6 Å². The van der Waals surface area contributed by atoms with Crippen LogP contribution >= 0.6 is 34.5 Å². The van der Waals surface area contributed by atoms with E-state index in [-0.39, 0.29) is 32.7 Å². The quantitative estimate of drug-likeness (QED) is 0.282. The molecule has 1 saturated heterocycles. The molecule has 6 nitrogen and oxygen atoms in total. The number of methoxy groups -OCH3 is 2. The Labute approximate surface area is 198 Å². The summed E-state index contributed by atoms with van der Waals surface area (Å²) in [6.07, 6.45) is 0. The van der Waals surface area contributed by atoms with Crippen molar-refractivity contribution in [2.75, 3.05) is 19.1 Å². The third kappa shape index (κ3) is 3.62. The lowest BCUT2D eigenvalue weighted by molar-refractivity contribution is -0.132. The molecule has 0 bridgehead atoms. The fraction of sp³-hybridized carbons (Fsp3) is 0.130. The number of ketones is 1. The summed E-state index contributed by atoms with van der Waals surface area (Å²) in [4.78, 5) is 28.4. The van der Waals surface area contributed by atoms with Gasteiger partial charge in [-0.2, -0.15) is 0 Å². The standard InChI is InChI=1S/C23H17Cl2NO5S/c1-30-16-7-4-3-6-15(16)26-19(17-8-5-9-32-17)18(21(28)23(26)29)20(27)12-10-13(24)22(31-2)14(25)11-12/h3-11,19,27H,1-2H3/b20-18-. The van der Waals surface area contributed by atoms with Crippen molar-refractivity contribution in [3.05, 3.63) is 80.0 Å². The van der Waals surface area contributed by atoms with Gasteiger partial charge in [0.15, 0.2) is 5.75 Å². The second-order valence-corrected chi connectivity index (χ2v) is 8.62. The number of thiophene rings is 1. The molecule has 1 atom stereocenters. The highest BCUT2D eigenvalue weighted by Crippen LogP contribution is 2.46. The van der Waals surface area contributed by atoms with E-state index in [1.165, 1.54) is 42.6 Å². The van der Waals surface area contributed by atoms with E-state index in [1.54, 1.807) is 30.3 Å². The summed E-state index contributed by atoms with van der Waals surface area (Å²) in [6.45, 7) is 0. The van der Waals surface area contributed by atoms with E-state index >= 15 is 0 Å². The molecule has 9 heteroatoms. The highest BCUT2D eigenvalue weighted by molar-refractivity contribution is 7.10. The van der Waals surface area contributed by atoms with Crippen LogP contribution in [0.15, 0.2) is 59.5 Å². The maximum Gasteiger partial charge on any atom is 0.300 e. The lowest BCUT2D eigenvalue weighted by Gasteiger charge is -2.25. The summed E-state index contributed by atoms with van der Waals surface area (Å²) in [6, 6.07) is 12.5. The Morgan fingerprint density at radius 3 is 2.31 bits per heavy atom. The number of anilines is 1. The summed E-state index contributed by atoms with van der Waals surface area (Å²) in [5, 5.41) is 13.3. The van der Waals surface area contributed by atoms with Gasteiger partial charge in [-0.05, 0) is 35.7 Å². The molecule has 1 aromatic heterocycles. The van der Waals surface area contributed by atoms with Crippen LogP contribution in [0.2, 0.25) is 10.0 Å². The topological polar surface area (TPSA) is 76.1 Å². The van der Waals surface area contributed by atoms with Gasteiger partial charge in [0, 0.05) is 10.4 Å². The maximum absolute atomic E-state index is 13.2. The summed E-state index contributed by atoms with van der Waals surface area (Å²) in [7, 11) is 2.90. The Kier molecular flexibility index (Phi) is 6.15. The number of halogens is 2. The van der Waals surface area contributed by atoms with Crippen molar-refractivity contribution in [2.45, 2.75) is 6.04 Å². The van der Waals surface area contributed by atoms with Crippen LogP contribution in [0, 0.1) is 0 Å². The van der Waals surface area contributed by atoms with Crippen molar-refractivity contribution in [1.29, 1.82) is 0 Å². The molecule has 4 rings (SSSR count). The van der Waals surface area contributed by atoms with Gasteiger partial charge in [-0.25, -0.2) is 0 Å². The minimum atomic E-state index is -0.856. The molecule has 2 aromatic carbocycles. The summed E-state index contributed by atoms with van der Waals surface area (Å²) in [5.74, 6) is -1.32. The van der Waals surface area contributed by atoms with Crippen molar-refractivity contribution in [2.24, 2.45) is 0 Å². The summed E-state index contributed by atoms with van der Waals surface area (Å²) < 4.78 is 10.6. The molecule has 1 N–H and O–H groups in total. The van der Waals surface area contributed by atoms with Crippen LogP contribution in [0.3, 0.4) is 0 Å². The van der Waals surface area contributed by atoms with E-state index in [4.69, 9.17) is 32.7 Å². The molecule has 0 saturated carbocycles. The number of hydrogen-bond donors (Lipinski definition) is 1. The minimum Gasteiger partial charge on any atom is -0.507 e. The van der Waals surface area contributed by atoms with E-state index in [2.05, 4.69) is 0 Å². The summed E-state index contributed by atoms with van der Waals surface area (Å²) >= 11 is 13.8. The van der Waals surface area contributed by atoms with E-state index in [1.807, 2.05) is 11.4 Å². The highest BCUT2D eigenvalue weighted by atomic mass is 35.5. The number of hydrogen-bond acceptors (Lipinski definition) is 6. The molecule has 0 spiro atoms. The first-order valence-electron chi connectivity index (χ1n) is 9.39. The van der Waals surface area contributed by atoms with Crippen molar-refractivity contribution in [1.82, 2.24) is 0 Å². The highest BCUT2D eigenvalue weighted by Gasteiger charge is 2.48. The smallest absolute Gasteiger partial charge is 0.300 e. The van der Waals surface area contributed by atoms with Gasteiger partial charge >= 0.3 is 0 Å². The molecule has 1 aliphatic heterocycles. The Bertz CT molecular complexity index is 1220. The zero-order valence-electron chi connectivity index (χ0n) is 17.0. The van der Waals surface area contributed by atoms with Crippen LogP contribution in [-0.4, -0.2) is 31.0 Å². The number of aliphatic hydroxyl groups is 1. The van der Waals surface area contributed by atoms with Gasteiger partial charge in [-0.3, -0.25) is 14.5 Å². The predicted molar refractivity (Wildman–Crippen MR) is 125 cm³/mol. The predicted octanol–water partition coefficient (Wildman–Crippen LogP) is 5.70. The molecular weight excluding hydrogens is 473 g/mol. The van der Waals surface area contributed by atoms with Gasteiger partial charge in [-0.15, -0.1) is 11.3 Å². The van der Waals surface area contributed by atoms with Crippen LogP contribution in [0.5, 0.6) is 11.5 Å². The molecule has 1 fully saturated rings. The van der Waals surface area contributed by atoms with Crippen LogP contribution in [0.4, 0.5) is 5.69 Å². The lowest BCUT2D eigenvalue weighted by atomic mass is 9.99. The normalized spacial score (nSPS) is 17.6. The SMILES string of the molecule is COc1ccccc1N1C(=O)C(=O)/C(=C(\O)c2cc(Cl)c(OC)c(Cl)c2)C1c1cccs1. The van der Waals surface area contributed by atoms with E-state index in [0.29, 0.717) is 16.3 Å². The first kappa shape index (κ1) is 22.2. The lowest BCUT2D eigenvalue weighted by Crippen LogP contribution is -2.29. The number of aliphatic hydroxyl groups excluding tert-OH is 1. The maximum atomic E-state index is 13.2. The van der Waals surface area contributed by atoms with Crippen LogP contribution in [-0.2, 0) is 9.59 Å². The van der Waals surface area contributed by atoms with Crippen LogP contribution in [0.25, 0.3) is 5.76 Å². The van der Waals surface area contributed by atoms with Crippen molar-refractivity contribution in [3.63, 3.8) is 0 Å². The zero-order chi connectivity index (χ0) is 23.0. The Morgan fingerprint density at radius 1 is 1.03 bits per heavy atom. The summed E-state index contributed by atoms with van der Waals surface area (Å²) in [5.41, 5.74) is 0.543. The van der Waals surface area contributed by atoms with Crippen molar-refractivity contribution in [3.8, 4) is 11.5 Å². The molecular formula is C23H17Cl2NO5S. The van der Waals surface area contributed by atoms with Gasteiger partial charge < -0.3 is 14.6 Å². The number of rotatable bonds is 5. The second-order valence-electron chi connectivity index (χ2n) is 6.83. The number of carbonyl (C=O) groups excluding carboxylic acids is 2. The Balaban J connectivity index is 1.95. The largest absolute Gasteiger partial charge is 0.507 e. The average Bonchev–Trinajstić information content (AvgIpc) is 3.40. The number of nitrogens with zero attached hydrogens (tertiary/aromatic N) is 1. The molecule has 0 aliphatic carbocycles. The number of benzene rings is 2. The van der Waals surface area contributed by atoms with E-state index < -0.39 is 17.7 Å². The minimum absolute atomic E-state index is 0.0688. The zero-order valence-corrected chi connectivity index (χ0v) is 19.3. The van der Waals surface area contributed by atoms with Gasteiger partial charge in [0.2, 0.25) is 0 Å². The van der Waals surface area contributed by atoms with Crippen LogP contribution in [0.1, 0.15) is 16.5 Å². The van der Waals surface area contributed by atoms with Crippen molar-refractivity contribution < 1.29 is 24.2 Å².